The van der Waals surface area contributed by atoms with Crippen LogP contribution in [0.15, 0.2) is 0 Å². The van der Waals surface area contributed by atoms with E-state index in [0.29, 0.717) is 0 Å². The SMILES string of the molecule is CN1CCC[C@H]2NCCC[C@H]21.O=C(O)C(=O)O. The number of carboxylic acid groups (broad SMARTS) is 2. The number of carbonyl (C=O) groups is 2. The van der Waals surface area contributed by atoms with Gasteiger partial charge in [0.1, 0.15) is 0 Å². The van der Waals surface area contributed by atoms with Gasteiger partial charge in [-0.05, 0) is 45.8 Å². The van der Waals surface area contributed by atoms with E-state index in [1.807, 2.05) is 0 Å². The number of hydrogen-bond acceptors (Lipinski definition) is 4. The summed E-state index contributed by atoms with van der Waals surface area (Å²) in [4.78, 5) is 20.7. The molecule has 98 valence electrons. The maximum absolute atomic E-state index is 9.10. The maximum atomic E-state index is 9.10. The molecule has 0 aromatic heterocycles. The average molecular weight is 244 g/mol. The highest BCUT2D eigenvalue weighted by atomic mass is 16.4. The molecule has 0 bridgehead atoms. The number of nitrogens with zero attached hydrogens (tertiary/aromatic N) is 1. The number of carboxylic acids is 2. The van der Waals surface area contributed by atoms with Crippen molar-refractivity contribution in [3.05, 3.63) is 0 Å². The Hall–Kier alpha value is -1.14. The van der Waals surface area contributed by atoms with E-state index < -0.39 is 11.9 Å². The summed E-state index contributed by atoms with van der Waals surface area (Å²) in [5.74, 6) is -3.65. The van der Waals surface area contributed by atoms with Gasteiger partial charge in [-0.25, -0.2) is 9.59 Å². The number of nitrogens with one attached hydrogen (secondary N) is 1. The number of rotatable bonds is 0. The van der Waals surface area contributed by atoms with E-state index in [1.165, 1.54) is 38.8 Å². The highest BCUT2D eigenvalue weighted by Gasteiger charge is 2.30. The van der Waals surface area contributed by atoms with Gasteiger partial charge in [-0.3, -0.25) is 0 Å². The van der Waals surface area contributed by atoms with Gasteiger partial charge in [0.2, 0.25) is 0 Å². The van der Waals surface area contributed by atoms with Gasteiger partial charge in [0.25, 0.3) is 0 Å². The number of likely N-dealkylation sites (tertiary alicyclic amines) is 1. The van der Waals surface area contributed by atoms with Gasteiger partial charge in [0.15, 0.2) is 0 Å². The minimum Gasteiger partial charge on any atom is -0.473 e. The summed E-state index contributed by atoms with van der Waals surface area (Å²) in [5, 5.41) is 18.4. The lowest BCUT2D eigenvalue weighted by Crippen LogP contribution is -2.55. The van der Waals surface area contributed by atoms with Crippen LogP contribution in [0.5, 0.6) is 0 Å². The molecule has 0 saturated carbocycles. The van der Waals surface area contributed by atoms with Crippen LogP contribution in [0.1, 0.15) is 25.7 Å². The van der Waals surface area contributed by atoms with E-state index in [9.17, 15) is 0 Å². The number of fused-ring (bicyclic) bond motifs is 1. The van der Waals surface area contributed by atoms with Crippen molar-refractivity contribution in [1.29, 1.82) is 0 Å². The average Bonchev–Trinajstić information content (AvgIpc) is 2.30. The molecule has 0 aliphatic carbocycles. The molecule has 3 N–H and O–H groups in total. The third kappa shape index (κ3) is 4.32. The second-order valence-corrected chi connectivity index (χ2v) is 4.50. The molecular formula is C11H20N2O4. The zero-order valence-electron chi connectivity index (χ0n) is 10.1. The first-order valence-electron chi connectivity index (χ1n) is 5.92. The van der Waals surface area contributed by atoms with Crippen LogP contribution >= 0.6 is 0 Å². The zero-order valence-corrected chi connectivity index (χ0v) is 10.1. The molecule has 2 aliphatic rings. The van der Waals surface area contributed by atoms with E-state index in [2.05, 4.69) is 17.3 Å². The number of aliphatic carboxylic acids is 2. The molecule has 6 nitrogen and oxygen atoms in total. The van der Waals surface area contributed by atoms with Crippen molar-refractivity contribution in [2.75, 3.05) is 20.1 Å². The van der Waals surface area contributed by atoms with Crippen LogP contribution in [0.4, 0.5) is 0 Å². The fourth-order valence-electron chi connectivity index (χ4n) is 2.48. The van der Waals surface area contributed by atoms with Crippen LogP contribution in [-0.4, -0.2) is 59.3 Å². The fraction of sp³-hybridized carbons (Fsp3) is 0.818. The van der Waals surface area contributed by atoms with Gasteiger partial charge in [0, 0.05) is 12.1 Å². The zero-order chi connectivity index (χ0) is 12.8. The van der Waals surface area contributed by atoms with Crippen molar-refractivity contribution in [3.63, 3.8) is 0 Å². The largest absolute Gasteiger partial charge is 0.473 e. The highest BCUT2D eigenvalue weighted by Crippen LogP contribution is 2.22. The minimum absolute atomic E-state index is 0.808. The molecule has 6 heteroatoms. The molecular weight excluding hydrogens is 224 g/mol. The quantitative estimate of drug-likeness (QED) is 0.519. The van der Waals surface area contributed by atoms with Crippen LogP contribution in [0.2, 0.25) is 0 Å². The molecule has 2 aliphatic heterocycles. The second-order valence-electron chi connectivity index (χ2n) is 4.50. The van der Waals surface area contributed by atoms with Crippen LogP contribution < -0.4 is 5.32 Å². The van der Waals surface area contributed by atoms with Crippen molar-refractivity contribution in [2.24, 2.45) is 0 Å². The van der Waals surface area contributed by atoms with Gasteiger partial charge in [-0.1, -0.05) is 0 Å². The Bertz CT molecular complexity index is 269. The Morgan fingerprint density at radius 3 is 2.35 bits per heavy atom. The Kier molecular flexibility index (Phi) is 5.37. The van der Waals surface area contributed by atoms with Gasteiger partial charge in [-0.2, -0.15) is 0 Å². The lowest BCUT2D eigenvalue weighted by Gasteiger charge is -2.42. The molecule has 2 saturated heterocycles. The van der Waals surface area contributed by atoms with Crippen LogP contribution in [-0.2, 0) is 9.59 Å². The Labute approximate surface area is 101 Å². The fourth-order valence-corrected chi connectivity index (χ4v) is 2.48. The normalized spacial score (nSPS) is 28.5. The molecule has 2 atom stereocenters. The van der Waals surface area contributed by atoms with Crippen molar-refractivity contribution in [2.45, 2.75) is 37.8 Å². The van der Waals surface area contributed by atoms with Crippen LogP contribution in [0, 0.1) is 0 Å². The van der Waals surface area contributed by atoms with E-state index in [4.69, 9.17) is 19.8 Å². The second kappa shape index (κ2) is 6.56. The van der Waals surface area contributed by atoms with E-state index in [-0.39, 0.29) is 0 Å². The van der Waals surface area contributed by atoms with Crippen LogP contribution in [0.3, 0.4) is 0 Å². The first-order valence-corrected chi connectivity index (χ1v) is 5.92. The molecule has 2 heterocycles. The first-order chi connectivity index (χ1) is 8.02. The maximum Gasteiger partial charge on any atom is 0.414 e. The highest BCUT2D eigenvalue weighted by molar-refractivity contribution is 6.27. The van der Waals surface area contributed by atoms with Crippen molar-refractivity contribution in [3.8, 4) is 0 Å². The first kappa shape index (κ1) is 13.9. The van der Waals surface area contributed by atoms with Crippen molar-refractivity contribution < 1.29 is 19.8 Å². The summed E-state index contributed by atoms with van der Waals surface area (Å²) in [7, 11) is 2.27. The van der Waals surface area contributed by atoms with Gasteiger partial charge < -0.3 is 20.4 Å². The van der Waals surface area contributed by atoms with Gasteiger partial charge in [0.05, 0.1) is 0 Å². The van der Waals surface area contributed by atoms with Gasteiger partial charge >= 0.3 is 11.9 Å². The third-order valence-corrected chi connectivity index (χ3v) is 3.32. The molecule has 0 spiro atoms. The summed E-state index contributed by atoms with van der Waals surface area (Å²) >= 11 is 0. The van der Waals surface area contributed by atoms with Gasteiger partial charge in [-0.15, -0.1) is 0 Å². The lowest BCUT2D eigenvalue weighted by molar-refractivity contribution is -0.159. The van der Waals surface area contributed by atoms with Crippen LogP contribution in [0.25, 0.3) is 0 Å². The molecule has 0 radical (unpaired) electrons. The predicted octanol–water partition coefficient (Wildman–Crippen LogP) is -0.0118. The predicted molar refractivity (Wildman–Crippen MR) is 61.9 cm³/mol. The summed E-state index contributed by atoms with van der Waals surface area (Å²) in [6, 6.07) is 1.65. The summed E-state index contributed by atoms with van der Waals surface area (Å²) in [5.41, 5.74) is 0. The lowest BCUT2D eigenvalue weighted by atomic mass is 9.90. The van der Waals surface area contributed by atoms with E-state index >= 15 is 0 Å². The molecule has 0 aromatic carbocycles. The molecule has 0 unspecified atom stereocenters. The number of hydrogen-bond donors (Lipinski definition) is 3. The molecule has 0 aromatic rings. The van der Waals surface area contributed by atoms with Crippen molar-refractivity contribution in [1.82, 2.24) is 10.2 Å². The smallest absolute Gasteiger partial charge is 0.414 e. The topological polar surface area (TPSA) is 89.9 Å². The molecule has 2 rings (SSSR count). The Morgan fingerprint density at radius 1 is 1.18 bits per heavy atom. The Morgan fingerprint density at radius 2 is 1.82 bits per heavy atom. The number of likely N-dealkylation sites (N-methyl/N-ethyl adjacent to an activating group) is 1. The minimum atomic E-state index is -1.82. The molecule has 0 amide bonds. The third-order valence-electron chi connectivity index (χ3n) is 3.32. The molecule has 17 heavy (non-hydrogen) atoms. The number of piperidine rings is 2. The molecule has 2 fully saturated rings. The summed E-state index contributed by atoms with van der Waals surface area (Å²) in [6.07, 6.45) is 5.55. The summed E-state index contributed by atoms with van der Waals surface area (Å²) in [6.45, 7) is 2.55. The monoisotopic (exact) mass is 244 g/mol. The van der Waals surface area contributed by atoms with Crippen molar-refractivity contribution >= 4 is 11.9 Å². The van der Waals surface area contributed by atoms with E-state index in [0.717, 1.165) is 12.1 Å². The summed E-state index contributed by atoms with van der Waals surface area (Å²) < 4.78 is 0. The van der Waals surface area contributed by atoms with E-state index in [1.54, 1.807) is 0 Å². The standard InChI is InChI=1S/C9H18N2.C2H2O4/c1-11-7-3-4-8-9(11)5-2-6-10-8;3-1(4)2(5)6/h8-10H,2-7H2,1H3;(H,3,4)(H,5,6)/t8-,9-;/m1./s1. The Balaban J connectivity index is 0.000000209.